The van der Waals surface area contributed by atoms with E-state index in [4.69, 9.17) is 0 Å². The number of aromatic nitrogens is 1. The molecule has 1 heterocycles. The summed E-state index contributed by atoms with van der Waals surface area (Å²) in [5.74, 6) is 0. The molecular weight excluding hydrogens is 258 g/mol. The van der Waals surface area contributed by atoms with Crippen molar-refractivity contribution in [2.75, 3.05) is 18.5 Å². The number of hydrogen-bond donors (Lipinski definition) is 1. The molecule has 2 aromatic rings. The number of rotatable bonds is 6. The lowest BCUT2D eigenvalue weighted by molar-refractivity contribution is 0.652. The average Bonchev–Trinajstić information content (AvgIpc) is 2.52. The lowest BCUT2D eigenvalue weighted by Crippen LogP contribution is -2.22. The molecule has 0 amide bonds. The Labute approximate surface area is 128 Å². The molecule has 0 bridgehead atoms. The molecule has 0 spiro atoms. The molecule has 3 heteroatoms. The molecule has 21 heavy (non-hydrogen) atoms. The van der Waals surface area contributed by atoms with Crippen molar-refractivity contribution in [3.63, 3.8) is 0 Å². The highest BCUT2D eigenvalue weighted by atomic mass is 15.1. The van der Waals surface area contributed by atoms with E-state index in [9.17, 15) is 0 Å². The number of nitrogens with one attached hydrogen (secondary N) is 1. The van der Waals surface area contributed by atoms with E-state index in [0.717, 1.165) is 24.5 Å². The van der Waals surface area contributed by atoms with Gasteiger partial charge in [0.15, 0.2) is 0 Å². The molecular formula is C18H25N3. The normalized spacial score (nSPS) is 12.2. The predicted molar refractivity (Wildman–Crippen MR) is 89.6 cm³/mol. The van der Waals surface area contributed by atoms with Crippen LogP contribution in [0.4, 0.5) is 5.69 Å². The molecule has 0 aliphatic heterocycles. The fourth-order valence-corrected chi connectivity index (χ4v) is 2.41. The number of aryl methyl sites for hydroxylation is 1. The Hall–Kier alpha value is -1.87. The van der Waals surface area contributed by atoms with Crippen molar-refractivity contribution in [1.82, 2.24) is 10.3 Å². The molecule has 1 unspecified atom stereocenters. The molecule has 0 aliphatic rings. The van der Waals surface area contributed by atoms with Crippen LogP contribution in [-0.2, 0) is 6.54 Å². The van der Waals surface area contributed by atoms with Crippen molar-refractivity contribution in [3.05, 3.63) is 59.4 Å². The Balaban J connectivity index is 2.14. The van der Waals surface area contributed by atoms with Gasteiger partial charge in [-0.3, -0.25) is 4.98 Å². The fourth-order valence-electron chi connectivity index (χ4n) is 2.41. The minimum Gasteiger partial charge on any atom is -0.366 e. The number of nitrogens with zero attached hydrogens (tertiary/aromatic N) is 2. The number of pyridine rings is 1. The molecule has 3 nitrogen and oxygen atoms in total. The van der Waals surface area contributed by atoms with Gasteiger partial charge in [0.25, 0.3) is 0 Å². The van der Waals surface area contributed by atoms with Crippen LogP contribution in [0.5, 0.6) is 0 Å². The van der Waals surface area contributed by atoms with E-state index in [2.05, 4.69) is 65.4 Å². The second kappa shape index (κ2) is 7.23. The third-order valence-electron chi connectivity index (χ3n) is 3.87. The summed E-state index contributed by atoms with van der Waals surface area (Å²) in [6.07, 6.45) is 0. The highest BCUT2D eigenvalue weighted by Crippen LogP contribution is 2.20. The third kappa shape index (κ3) is 4.05. The van der Waals surface area contributed by atoms with Gasteiger partial charge in [0, 0.05) is 24.0 Å². The van der Waals surface area contributed by atoms with Crippen LogP contribution in [0.15, 0.2) is 42.5 Å². The second-order valence-electron chi connectivity index (χ2n) is 5.39. The van der Waals surface area contributed by atoms with Gasteiger partial charge in [-0.2, -0.15) is 0 Å². The van der Waals surface area contributed by atoms with Crippen LogP contribution in [0.25, 0.3) is 0 Å². The van der Waals surface area contributed by atoms with Gasteiger partial charge in [-0.05, 0) is 57.6 Å². The van der Waals surface area contributed by atoms with Gasteiger partial charge in [0.05, 0.1) is 12.2 Å². The molecule has 0 radical (unpaired) electrons. The summed E-state index contributed by atoms with van der Waals surface area (Å²) < 4.78 is 0. The van der Waals surface area contributed by atoms with Crippen molar-refractivity contribution in [1.29, 1.82) is 0 Å². The molecule has 0 saturated heterocycles. The van der Waals surface area contributed by atoms with Crippen LogP contribution in [-0.4, -0.2) is 18.6 Å². The first-order valence-electron chi connectivity index (χ1n) is 7.58. The first kappa shape index (κ1) is 15.5. The van der Waals surface area contributed by atoms with E-state index in [1.165, 1.54) is 11.3 Å². The molecule has 1 atom stereocenters. The van der Waals surface area contributed by atoms with Crippen molar-refractivity contribution in [2.45, 2.75) is 33.4 Å². The van der Waals surface area contributed by atoms with Gasteiger partial charge >= 0.3 is 0 Å². The molecule has 0 aliphatic carbocycles. The van der Waals surface area contributed by atoms with Crippen LogP contribution in [0.3, 0.4) is 0 Å². The molecule has 1 aromatic heterocycles. The molecule has 2 rings (SSSR count). The predicted octanol–water partition coefficient (Wildman–Crippen LogP) is 3.70. The SMILES string of the molecule is CCN(Cc1cccc(C)n1)c1ccc(C(C)NC)cc1. The average molecular weight is 283 g/mol. The highest BCUT2D eigenvalue weighted by molar-refractivity contribution is 5.48. The maximum Gasteiger partial charge on any atom is 0.0602 e. The van der Waals surface area contributed by atoms with Crippen molar-refractivity contribution in [2.24, 2.45) is 0 Å². The van der Waals surface area contributed by atoms with Gasteiger partial charge in [0.1, 0.15) is 0 Å². The van der Waals surface area contributed by atoms with Crippen LogP contribution in [0, 0.1) is 6.92 Å². The molecule has 0 saturated carbocycles. The number of benzene rings is 1. The summed E-state index contributed by atoms with van der Waals surface area (Å²) >= 11 is 0. The van der Waals surface area contributed by atoms with E-state index in [0.29, 0.717) is 6.04 Å². The molecule has 112 valence electrons. The van der Waals surface area contributed by atoms with Crippen LogP contribution in [0.1, 0.15) is 36.8 Å². The lowest BCUT2D eigenvalue weighted by Gasteiger charge is -2.23. The molecule has 1 N–H and O–H groups in total. The van der Waals surface area contributed by atoms with Crippen molar-refractivity contribution < 1.29 is 0 Å². The Bertz CT molecular complexity index is 563. The monoisotopic (exact) mass is 283 g/mol. The Morgan fingerprint density at radius 2 is 1.86 bits per heavy atom. The summed E-state index contributed by atoms with van der Waals surface area (Å²) in [5, 5.41) is 3.27. The minimum absolute atomic E-state index is 0.382. The molecule has 1 aromatic carbocycles. The highest BCUT2D eigenvalue weighted by Gasteiger charge is 2.08. The van der Waals surface area contributed by atoms with E-state index in [1.807, 2.05) is 20.0 Å². The molecule has 0 fully saturated rings. The smallest absolute Gasteiger partial charge is 0.0602 e. The maximum absolute atomic E-state index is 4.59. The zero-order valence-corrected chi connectivity index (χ0v) is 13.4. The summed E-state index contributed by atoms with van der Waals surface area (Å²) in [4.78, 5) is 6.94. The van der Waals surface area contributed by atoms with Gasteiger partial charge in [-0.15, -0.1) is 0 Å². The van der Waals surface area contributed by atoms with E-state index < -0.39 is 0 Å². The van der Waals surface area contributed by atoms with Gasteiger partial charge in [-0.25, -0.2) is 0 Å². The van der Waals surface area contributed by atoms with E-state index in [-0.39, 0.29) is 0 Å². The standard InChI is InChI=1S/C18H25N3/c1-5-21(13-17-8-6-7-14(2)20-17)18-11-9-16(10-12-18)15(3)19-4/h6-12,15,19H,5,13H2,1-4H3. The summed E-state index contributed by atoms with van der Waals surface area (Å²) in [6, 6.07) is 15.4. The van der Waals surface area contributed by atoms with Crippen molar-refractivity contribution in [3.8, 4) is 0 Å². The zero-order valence-electron chi connectivity index (χ0n) is 13.4. The van der Waals surface area contributed by atoms with E-state index in [1.54, 1.807) is 0 Å². The van der Waals surface area contributed by atoms with Crippen molar-refractivity contribution >= 4 is 5.69 Å². The Kier molecular flexibility index (Phi) is 5.34. The minimum atomic E-state index is 0.382. The lowest BCUT2D eigenvalue weighted by atomic mass is 10.1. The number of anilines is 1. The van der Waals surface area contributed by atoms with Crippen LogP contribution >= 0.6 is 0 Å². The number of hydrogen-bond acceptors (Lipinski definition) is 3. The second-order valence-corrected chi connectivity index (χ2v) is 5.39. The third-order valence-corrected chi connectivity index (χ3v) is 3.87. The van der Waals surface area contributed by atoms with Gasteiger partial charge in [0.2, 0.25) is 0 Å². The summed E-state index contributed by atoms with van der Waals surface area (Å²) in [5.41, 5.74) is 4.74. The first-order valence-corrected chi connectivity index (χ1v) is 7.58. The Morgan fingerprint density at radius 1 is 1.14 bits per heavy atom. The fraction of sp³-hybridized carbons (Fsp3) is 0.389. The maximum atomic E-state index is 4.59. The van der Waals surface area contributed by atoms with E-state index >= 15 is 0 Å². The zero-order chi connectivity index (χ0) is 15.2. The summed E-state index contributed by atoms with van der Waals surface area (Å²) in [6.45, 7) is 8.20. The van der Waals surface area contributed by atoms with Gasteiger partial charge < -0.3 is 10.2 Å². The van der Waals surface area contributed by atoms with Crippen LogP contribution < -0.4 is 10.2 Å². The Morgan fingerprint density at radius 3 is 2.43 bits per heavy atom. The van der Waals surface area contributed by atoms with Gasteiger partial charge in [-0.1, -0.05) is 18.2 Å². The largest absolute Gasteiger partial charge is 0.366 e. The topological polar surface area (TPSA) is 28.2 Å². The summed E-state index contributed by atoms with van der Waals surface area (Å²) in [7, 11) is 1.99. The first-order chi connectivity index (χ1) is 10.1. The quantitative estimate of drug-likeness (QED) is 0.876. The van der Waals surface area contributed by atoms with Crippen LogP contribution in [0.2, 0.25) is 0 Å².